The first-order valence-electron chi connectivity index (χ1n) is 7.89. The number of nitrogens with zero attached hydrogens (tertiary/aromatic N) is 4. The maximum atomic E-state index is 11.3. The third-order valence-electron chi connectivity index (χ3n) is 4.66. The zero-order valence-corrected chi connectivity index (χ0v) is 13.2. The van der Waals surface area contributed by atoms with Gasteiger partial charge in [-0.15, -0.1) is 0 Å². The molecule has 114 valence electrons. The number of anilines is 1. The summed E-state index contributed by atoms with van der Waals surface area (Å²) in [6.07, 6.45) is 2.47. The summed E-state index contributed by atoms with van der Waals surface area (Å²) in [7, 11) is 0. The normalized spacial score (nSPS) is 20.5. The quantitative estimate of drug-likeness (QED) is 0.835. The third kappa shape index (κ3) is 3.01. The van der Waals surface area contributed by atoms with Crippen molar-refractivity contribution in [1.82, 2.24) is 14.9 Å². The first kappa shape index (κ1) is 14.3. The highest BCUT2D eigenvalue weighted by molar-refractivity contribution is 5.74. The minimum atomic E-state index is 0.143. The average molecular weight is 288 g/mol. The summed E-state index contributed by atoms with van der Waals surface area (Å²) in [6, 6.07) is 2.08. The molecule has 0 spiro atoms. The number of hydrogen-bond acceptors (Lipinski definition) is 4. The molecule has 5 heteroatoms. The van der Waals surface area contributed by atoms with Crippen molar-refractivity contribution in [3.8, 4) is 0 Å². The molecule has 0 unspecified atom stereocenters. The number of likely N-dealkylation sites (tertiary alicyclic amines) is 1. The van der Waals surface area contributed by atoms with Gasteiger partial charge in [0.1, 0.15) is 11.6 Å². The Bertz CT molecular complexity index is 531. The number of carbonyl (C=O) groups excluding carboxylic acids is 1. The van der Waals surface area contributed by atoms with Gasteiger partial charge in [-0.3, -0.25) is 4.79 Å². The average Bonchev–Trinajstić information content (AvgIpc) is 2.36. The standard InChI is InChI=1S/C16H24N4O/c1-11-4-6-19(7-5-11)15-8-12(2)17-16(18-15)14-9-20(10-14)13(3)21/h8,11,14H,4-7,9-10H2,1-3H3. The van der Waals surface area contributed by atoms with E-state index in [1.54, 1.807) is 6.92 Å². The molecule has 1 aromatic heterocycles. The van der Waals surface area contributed by atoms with Crippen molar-refractivity contribution in [3.63, 3.8) is 0 Å². The van der Waals surface area contributed by atoms with Gasteiger partial charge in [-0.25, -0.2) is 9.97 Å². The van der Waals surface area contributed by atoms with Crippen LogP contribution in [0.1, 0.15) is 44.1 Å². The lowest BCUT2D eigenvalue weighted by atomic mass is 9.98. The van der Waals surface area contributed by atoms with Gasteiger partial charge in [0, 0.05) is 44.9 Å². The summed E-state index contributed by atoms with van der Waals surface area (Å²) in [6.45, 7) is 9.65. The third-order valence-corrected chi connectivity index (χ3v) is 4.66. The van der Waals surface area contributed by atoms with Crippen LogP contribution in [0.2, 0.25) is 0 Å². The molecule has 0 atom stereocenters. The summed E-state index contributed by atoms with van der Waals surface area (Å²) in [5.41, 5.74) is 1.02. The van der Waals surface area contributed by atoms with Crippen LogP contribution in [0.25, 0.3) is 0 Å². The van der Waals surface area contributed by atoms with Crippen LogP contribution in [0.15, 0.2) is 6.07 Å². The molecule has 1 aromatic rings. The van der Waals surface area contributed by atoms with Crippen molar-refractivity contribution in [2.75, 3.05) is 31.1 Å². The van der Waals surface area contributed by atoms with Gasteiger partial charge >= 0.3 is 0 Å². The van der Waals surface area contributed by atoms with Crippen LogP contribution in [0.5, 0.6) is 0 Å². The van der Waals surface area contributed by atoms with Crippen molar-refractivity contribution in [3.05, 3.63) is 17.6 Å². The van der Waals surface area contributed by atoms with Crippen molar-refractivity contribution in [2.45, 2.75) is 39.5 Å². The summed E-state index contributed by atoms with van der Waals surface area (Å²) in [5.74, 6) is 3.23. The Kier molecular flexibility index (Phi) is 3.83. The monoisotopic (exact) mass is 288 g/mol. The van der Waals surface area contributed by atoms with E-state index < -0.39 is 0 Å². The summed E-state index contributed by atoms with van der Waals surface area (Å²) in [5, 5.41) is 0. The van der Waals surface area contributed by atoms with E-state index in [0.29, 0.717) is 5.92 Å². The zero-order chi connectivity index (χ0) is 15.0. The smallest absolute Gasteiger partial charge is 0.219 e. The van der Waals surface area contributed by atoms with Crippen molar-refractivity contribution < 1.29 is 4.79 Å². The first-order valence-corrected chi connectivity index (χ1v) is 7.89. The highest BCUT2D eigenvalue weighted by atomic mass is 16.2. The largest absolute Gasteiger partial charge is 0.356 e. The number of aromatic nitrogens is 2. The second-order valence-corrected chi connectivity index (χ2v) is 6.52. The minimum absolute atomic E-state index is 0.143. The molecule has 2 aliphatic rings. The Labute approximate surface area is 126 Å². The number of amides is 1. The Hall–Kier alpha value is -1.65. The number of aryl methyl sites for hydroxylation is 1. The second-order valence-electron chi connectivity index (χ2n) is 6.52. The van der Waals surface area contributed by atoms with Gasteiger partial charge in [0.15, 0.2) is 0 Å². The van der Waals surface area contributed by atoms with Crippen molar-refractivity contribution in [1.29, 1.82) is 0 Å². The SMILES string of the molecule is CC(=O)N1CC(c2nc(C)cc(N3CCC(C)CC3)n2)C1. The maximum absolute atomic E-state index is 11.3. The predicted octanol–water partition coefficient (Wildman–Crippen LogP) is 1.97. The fraction of sp³-hybridized carbons (Fsp3) is 0.688. The van der Waals surface area contributed by atoms with Crippen LogP contribution < -0.4 is 4.90 Å². The van der Waals surface area contributed by atoms with E-state index in [1.807, 2.05) is 11.8 Å². The Balaban J connectivity index is 1.73. The van der Waals surface area contributed by atoms with E-state index in [0.717, 1.165) is 49.4 Å². The van der Waals surface area contributed by atoms with Gasteiger partial charge in [-0.1, -0.05) is 6.92 Å². The van der Waals surface area contributed by atoms with Gasteiger partial charge in [0.2, 0.25) is 5.91 Å². The Morgan fingerprint density at radius 2 is 1.90 bits per heavy atom. The molecule has 3 rings (SSSR count). The summed E-state index contributed by atoms with van der Waals surface area (Å²) in [4.78, 5) is 24.9. The molecule has 0 radical (unpaired) electrons. The van der Waals surface area contributed by atoms with E-state index >= 15 is 0 Å². The predicted molar refractivity (Wildman–Crippen MR) is 82.4 cm³/mol. The summed E-state index contributed by atoms with van der Waals surface area (Å²) >= 11 is 0. The second kappa shape index (κ2) is 5.62. The van der Waals surface area contributed by atoms with E-state index in [-0.39, 0.29) is 5.91 Å². The van der Waals surface area contributed by atoms with Crippen LogP contribution in [0.3, 0.4) is 0 Å². The van der Waals surface area contributed by atoms with Gasteiger partial charge in [-0.2, -0.15) is 0 Å². The molecule has 0 saturated carbocycles. The fourth-order valence-corrected chi connectivity index (χ4v) is 3.06. The molecule has 21 heavy (non-hydrogen) atoms. The number of carbonyl (C=O) groups is 1. The topological polar surface area (TPSA) is 49.3 Å². The zero-order valence-electron chi connectivity index (χ0n) is 13.2. The molecular weight excluding hydrogens is 264 g/mol. The van der Waals surface area contributed by atoms with Crippen LogP contribution in [0.4, 0.5) is 5.82 Å². The number of hydrogen-bond donors (Lipinski definition) is 0. The van der Waals surface area contributed by atoms with Crippen LogP contribution >= 0.6 is 0 Å². The Morgan fingerprint density at radius 3 is 2.52 bits per heavy atom. The summed E-state index contributed by atoms with van der Waals surface area (Å²) < 4.78 is 0. The molecular formula is C16H24N4O. The lowest BCUT2D eigenvalue weighted by Crippen LogP contribution is -2.48. The van der Waals surface area contributed by atoms with Crippen LogP contribution in [-0.4, -0.2) is 47.0 Å². The number of piperidine rings is 1. The van der Waals surface area contributed by atoms with E-state index in [4.69, 9.17) is 4.98 Å². The molecule has 2 aliphatic heterocycles. The molecule has 0 bridgehead atoms. The van der Waals surface area contributed by atoms with E-state index in [9.17, 15) is 4.79 Å². The lowest BCUT2D eigenvalue weighted by molar-refractivity contribution is -0.133. The Morgan fingerprint density at radius 1 is 1.24 bits per heavy atom. The minimum Gasteiger partial charge on any atom is -0.356 e. The van der Waals surface area contributed by atoms with Gasteiger partial charge in [-0.05, 0) is 25.7 Å². The van der Waals surface area contributed by atoms with Crippen LogP contribution in [0, 0.1) is 12.8 Å². The molecule has 0 aliphatic carbocycles. The van der Waals surface area contributed by atoms with Gasteiger partial charge in [0.05, 0.1) is 5.92 Å². The van der Waals surface area contributed by atoms with Crippen LogP contribution in [-0.2, 0) is 4.79 Å². The van der Waals surface area contributed by atoms with Crippen molar-refractivity contribution >= 4 is 11.7 Å². The van der Waals surface area contributed by atoms with Gasteiger partial charge < -0.3 is 9.80 Å². The van der Waals surface area contributed by atoms with Crippen molar-refractivity contribution in [2.24, 2.45) is 5.92 Å². The molecule has 1 amide bonds. The lowest BCUT2D eigenvalue weighted by Gasteiger charge is -2.38. The highest BCUT2D eigenvalue weighted by Crippen LogP contribution is 2.27. The highest BCUT2D eigenvalue weighted by Gasteiger charge is 2.32. The molecule has 0 N–H and O–H groups in total. The molecule has 0 aromatic carbocycles. The number of rotatable bonds is 2. The fourth-order valence-electron chi connectivity index (χ4n) is 3.06. The van der Waals surface area contributed by atoms with E-state index in [1.165, 1.54) is 12.8 Å². The molecule has 3 heterocycles. The molecule has 5 nitrogen and oxygen atoms in total. The maximum Gasteiger partial charge on any atom is 0.219 e. The van der Waals surface area contributed by atoms with E-state index in [2.05, 4.69) is 22.9 Å². The van der Waals surface area contributed by atoms with Gasteiger partial charge in [0.25, 0.3) is 0 Å². The molecule has 2 saturated heterocycles. The molecule has 2 fully saturated rings. The first-order chi connectivity index (χ1) is 10.0.